The van der Waals surface area contributed by atoms with Crippen LogP contribution in [0.5, 0.6) is 0 Å². The van der Waals surface area contributed by atoms with E-state index in [0.29, 0.717) is 5.92 Å². The zero-order valence-corrected chi connectivity index (χ0v) is 15.1. The number of amides is 1. The van der Waals surface area contributed by atoms with Gasteiger partial charge in [-0.2, -0.15) is 0 Å². The Bertz CT molecular complexity index is 577. The minimum Gasteiger partial charge on any atom is -0.381 e. The first kappa shape index (κ1) is 17.0. The van der Waals surface area contributed by atoms with Crippen LogP contribution in [-0.2, 0) is 9.53 Å². The molecule has 1 aromatic rings. The Hall–Kier alpha value is -1.39. The number of ether oxygens (including phenoxy) is 1. The first-order chi connectivity index (χ1) is 12.3. The van der Waals surface area contributed by atoms with Crippen molar-refractivity contribution >= 4 is 5.91 Å². The van der Waals surface area contributed by atoms with Gasteiger partial charge in [-0.25, -0.2) is 0 Å². The summed E-state index contributed by atoms with van der Waals surface area (Å²) in [5.74, 6) is 0.833. The number of rotatable bonds is 5. The molecule has 1 aliphatic carbocycles. The summed E-state index contributed by atoms with van der Waals surface area (Å²) >= 11 is 0. The van der Waals surface area contributed by atoms with E-state index < -0.39 is 0 Å². The predicted molar refractivity (Wildman–Crippen MR) is 98.5 cm³/mol. The average molecular weight is 342 g/mol. The molecule has 1 N–H and O–H groups in total. The van der Waals surface area contributed by atoms with Crippen molar-refractivity contribution in [2.24, 2.45) is 5.92 Å². The fourth-order valence-corrected chi connectivity index (χ4v) is 4.66. The fourth-order valence-electron chi connectivity index (χ4n) is 4.66. The van der Waals surface area contributed by atoms with Crippen LogP contribution in [0.2, 0.25) is 0 Å². The maximum atomic E-state index is 12.7. The SMILES string of the molecule is O=C(NCC1(N2CCCCC2)CCOCC1)[C@@H]1C[C@@H]1c1ccccc1. The summed E-state index contributed by atoms with van der Waals surface area (Å²) in [6.07, 6.45) is 7.00. The van der Waals surface area contributed by atoms with Gasteiger partial charge in [0.25, 0.3) is 0 Å². The average Bonchev–Trinajstić information content (AvgIpc) is 3.49. The van der Waals surface area contributed by atoms with Gasteiger partial charge in [0.1, 0.15) is 0 Å². The van der Waals surface area contributed by atoms with Gasteiger partial charge in [0.05, 0.1) is 0 Å². The molecule has 25 heavy (non-hydrogen) atoms. The van der Waals surface area contributed by atoms with Gasteiger partial charge in [-0.05, 0) is 56.7 Å². The van der Waals surface area contributed by atoms with Gasteiger partial charge in [-0.3, -0.25) is 9.69 Å². The molecule has 1 aromatic carbocycles. The molecule has 1 saturated carbocycles. The zero-order valence-electron chi connectivity index (χ0n) is 15.1. The topological polar surface area (TPSA) is 41.6 Å². The van der Waals surface area contributed by atoms with E-state index in [2.05, 4.69) is 34.5 Å². The summed E-state index contributed by atoms with van der Waals surface area (Å²) in [6.45, 7) is 4.77. The third-order valence-electron chi connectivity index (χ3n) is 6.40. The van der Waals surface area contributed by atoms with Gasteiger partial charge in [0.2, 0.25) is 5.91 Å². The highest BCUT2D eigenvalue weighted by Gasteiger charge is 2.45. The summed E-state index contributed by atoms with van der Waals surface area (Å²) < 4.78 is 5.62. The van der Waals surface area contributed by atoms with Crippen molar-refractivity contribution < 1.29 is 9.53 Å². The first-order valence-corrected chi connectivity index (χ1v) is 9.94. The molecule has 3 fully saturated rings. The molecular formula is C21H30N2O2. The summed E-state index contributed by atoms with van der Waals surface area (Å²) in [5.41, 5.74) is 1.42. The largest absolute Gasteiger partial charge is 0.381 e. The van der Waals surface area contributed by atoms with Crippen LogP contribution in [0.3, 0.4) is 0 Å². The second kappa shape index (κ2) is 7.46. The van der Waals surface area contributed by atoms with E-state index in [1.807, 2.05) is 6.07 Å². The van der Waals surface area contributed by atoms with E-state index in [9.17, 15) is 4.79 Å². The molecule has 0 unspecified atom stereocenters. The van der Waals surface area contributed by atoms with E-state index in [1.165, 1.54) is 37.9 Å². The Morgan fingerprint density at radius 1 is 1.12 bits per heavy atom. The van der Waals surface area contributed by atoms with Crippen LogP contribution in [-0.4, -0.2) is 49.2 Å². The molecule has 4 heteroatoms. The van der Waals surface area contributed by atoms with Gasteiger partial charge in [0, 0.05) is 31.2 Å². The van der Waals surface area contributed by atoms with Crippen LogP contribution in [0.15, 0.2) is 30.3 Å². The Balaban J connectivity index is 1.36. The van der Waals surface area contributed by atoms with Crippen LogP contribution in [0, 0.1) is 5.92 Å². The second-order valence-corrected chi connectivity index (χ2v) is 7.96. The van der Waals surface area contributed by atoms with E-state index in [0.717, 1.165) is 39.0 Å². The fraction of sp³-hybridized carbons (Fsp3) is 0.667. The van der Waals surface area contributed by atoms with E-state index >= 15 is 0 Å². The van der Waals surface area contributed by atoms with Crippen molar-refractivity contribution in [2.75, 3.05) is 32.8 Å². The van der Waals surface area contributed by atoms with Crippen molar-refractivity contribution in [3.63, 3.8) is 0 Å². The summed E-state index contributed by atoms with van der Waals surface area (Å²) in [5, 5.41) is 3.32. The lowest BCUT2D eigenvalue weighted by atomic mass is 9.86. The zero-order chi connectivity index (χ0) is 17.1. The van der Waals surface area contributed by atoms with Gasteiger partial charge in [0.15, 0.2) is 0 Å². The maximum Gasteiger partial charge on any atom is 0.223 e. The Morgan fingerprint density at radius 3 is 2.56 bits per heavy atom. The lowest BCUT2D eigenvalue weighted by molar-refractivity contribution is -0.124. The Kier molecular flexibility index (Phi) is 5.09. The standard InChI is InChI=1S/C21H30N2O2/c24-20(19-15-18(19)17-7-3-1-4-8-17)22-16-21(9-13-25-14-10-21)23-11-5-2-6-12-23/h1,3-4,7-8,18-19H,2,5-6,9-16H2,(H,22,24)/t18-,19-/m1/s1. The molecule has 2 saturated heterocycles. The molecule has 4 nitrogen and oxygen atoms in total. The highest BCUT2D eigenvalue weighted by Crippen LogP contribution is 2.47. The highest BCUT2D eigenvalue weighted by atomic mass is 16.5. The molecule has 4 rings (SSSR count). The number of carbonyl (C=O) groups is 1. The minimum atomic E-state index is 0.117. The highest BCUT2D eigenvalue weighted by molar-refractivity contribution is 5.83. The lowest BCUT2D eigenvalue weighted by Gasteiger charge is -2.48. The third kappa shape index (κ3) is 3.75. The molecule has 0 radical (unpaired) electrons. The summed E-state index contributed by atoms with van der Waals surface area (Å²) in [6, 6.07) is 10.5. The third-order valence-corrected chi connectivity index (χ3v) is 6.40. The molecule has 2 aliphatic heterocycles. The lowest BCUT2D eigenvalue weighted by Crippen LogP contribution is -2.59. The van der Waals surface area contributed by atoms with Crippen molar-refractivity contribution in [1.29, 1.82) is 0 Å². The van der Waals surface area contributed by atoms with Crippen molar-refractivity contribution in [1.82, 2.24) is 10.2 Å². The quantitative estimate of drug-likeness (QED) is 0.894. The minimum absolute atomic E-state index is 0.117. The Labute approximate surface area is 150 Å². The van der Waals surface area contributed by atoms with Crippen molar-refractivity contribution in [2.45, 2.75) is 50.0 Å². The van der Waals surface area contributed by atoms with E-state index in [1.54, 1.807) is 0 Å². The van der Waals surface area contributed by atoms with Crippen LogP contribution >= 0.6 is 0 Å². The summed E-state index contributed by atoms with van der Waals surface area (Å²) in [4.78, 5) is 15.3. The number of hydrogen-bond acceptors (Lipinski definition) is 3. The molecule has 136 valence electrons. The van der Waals surface area contributed by atoms with Gasteiger partial charge < -0.3 is 10.1 Å². The van der Waals surface area contributed by atoms with Crippen LogP contribution < -0.4 is 5.32 Å². The van der Waals surface area contributed by atoms with Crippen molar-refractivity contribution in [3.05, 3.63) is 35.9 Å². The van der Waals surface area contributed by atoms with Crippen molar-refractivity contribution in [3.8, 4) is 0 Å². The number of carbonyl (C=O) groups excluding carboxylic acids is 1. The first-order valence-electron chi connectivity index (χ1n) is 9.94. The number of benzene rings is 1. The monoisotopic (exact) mass is 342 g/mol. The van der Waals surface area contributed by atoms with Gasteiger partial charge in [-0.1, -0.05) is 36.8 Å². The van der Waals surface area contributed by atoms with Crippen LogP contribution in [0.1, 0.15) is 50.0 Å². The number of likely N-dealkylation sites (tertiary alicyclic amines) is 1. The summed E-state index contributed by atoms with van der Waals surface area (Å²) in [7, 11) is 0. The van der Waals surface area contributed by atoms with Gasteiger partial charge in [-0.15, -0.1) is 0 Å². The molecule has 2 heterocycles. The molecule has 1 amide bonds. The van der Waals surface area contributed by atoms with E-state index in [4.69, 9.17) is 4.74 Å². The molecule has 0 bridgehead atoms. The normalized spacial score (nSPS) is 29.1. The maximum absolute atomic E-state index is 12.7. The predicted octanol–water partition coefficient (Wildman–Crippen LogP) is 2.94. The molecular weight excluding hydrogens is 312 g/mol. The number of nitrogens with one attached hydrogen (secondary N) is 1. The van der Waals surface area contributed by atoms with Gasteiger partial charge >= 0.3 is 0 Å². The Morgan fingerprint density at radius 2 is 1.84 bits per heavy atom. The van der Waals surface area contributed by atoms with Crippen LogP contribution in [0.4, 0.5) is 0 Å². The van der Waals surface area contributed by atoms with E-state index in [-0.39, 0.29) is 17.4 Å². The molecule has 2 atom stereocenters. The van der Waals surface area contributed by atoms with Crippen LogP contribution in [0.25, 0.3) is 0 Å². The second-order valence-electron chi connectivity index (χ2n) is 7.96. The smallest absolute Gasteiger partial charge is 0.223 e. The molecule has 0 spiro atoms. The number of hydrogen-bond donors (Lipinski definition) is 1. The molecule has 0 aromatic heterocycles. The number of nitrogens with zero attached hydrogens (tertiary/aromatic N) is 1. The number of piperidine rings is 1. The molecule has 3 aliphatic rings.